The van der Waals surface area contributed by atoms with Gasteiger partial charge in [-0.2, -0.15) is 13.2 Å². The summed E-state index contributed by atoms with van der Waals surface area (Å²) >= 11 is 1.59. The molecule has 1 atom stereocenters. The maximum Gasteiger partial charge on any atom is 0.416 e. The summed E-state index contributed by atoms with van der Waals surface area (Å²) in [6.45, 7) is 0.509. The van der Waals surface area contributed by atoms with Crippen molar-refractivity contribution in [3.05, 3.63) is 59.2 Å². The van der Waals surface area contributed by atoms with E-state index in [2.05, 4.69) is 0 Å². The maximum atomic E-state index is 12.9. The van der Waals surface area contributed by atoms with Crippen molar-refractivity contribution < 1.29 is 27.4 Å². The number of carbonyl (C=O) groups is 1. The van der Waals surface area contributed by atoms with Crippen LogP contribution >= 0.6 is 11.8 Å². The van der Waals surface area contributed by atoms with Gasteiger partial charge in [-0.1, -0.05) is 0 Å². The van der Waals surface area contributed by atoms with E-state index in [4.69, 9.17) is 9.47 Å². The van der Waals surface area contributed by atoms with Gasteiger partial charge in [0.2, 0.25) is 0 Å². The molecule has 0 aliphatic carbocycles. The molecule has 4 nitrogen and oxygen atoms in total. The first-order valence-corrected chi connectivity index (χ1v) is 9.21. The smallest absolute Gasteiger partial charge is 0.416 e. The van der Waals surface area contributed by atoms with Gasteiger partial charge >= 0.3 is 6.18 Å². The van der Waals surface area contributed by atoms with Crippen LogP contribution in [0.3, 0.4) is 0 Å². The molecule has 0 aromatic heterocycles. The zero-order chi connectivity index (χ0) is 19.6. The third-order valence-electron chi connectivity index (χ3n) is 4.27. The fourth-order valence-corrected chi connectivity index (χ4v) is 4.13. The summed E-state index contributed by atoms with van der Waals surface area (Å²) in [6, 6.07) is 9.71. The topological polar surface area (TPSA) is 38.8 Å². The summed E-state index contributed by atoms with van der Waals surface area (Å²) in [6.07, 6.45) is -4.43. The van der Waals surface area contributed by atoms with Crippen molar-refractivity contribution in [3.63, 3.8) is 0 Å². The van der Waals surface area contributed by atoms with Gasteiger partial charge in [0.15, 0.2) is 0 Å². The minimum Gasteiger partial charge on any atom is -0.497 e. The van der Waals surface area contributed by atoms with Gasteiger partial charge in [0.05, 0.1) is 19.8 Å². The van der Waals surface area contributed by atoms with Gasteiger partial charge in [0, 0.05) is 23.9 Å². The first-order chi connectivity index (χ1) is 12.8. The van der Waals surface area contributed by atoms with Crippen LogP contribution in [-0.4, -0.2) is 37.3 Å². The number of nitrogens with zero attached hydrogens (tertiary/aromatic N) is 1. The largest absolute Gasteiger partial charge is 0.497 e. The summed E-state index contributed by atoms with van der Waals surface area (Å²) in [4.78, 5) is 14.5. The second-order valence-corrected chi connectivity index (χ2v) is 7.13. The van der Waals surface area contributed by atoms with Gasteiger partial charge < -0.3 is 14.4 Å². The average molecular weight is 397 g/mol. The molecule has 0 unspecified atom stereocenters. The van der Waals surface area contributed by atoms with Gasteiger partial charge in [0.1, 0.15) is 16.9 Å². The van der Waals surface area contributed by atoms with Crippen LogP contribution in [0.25, 0.3) is 0 Å². The van der Waals surface area contributed by atoms with E-state index in [1.54, 1.807) is 36.9 Å². The van der Waals surface area contributed by atoms with Gasteiger partial charge in [0.25, 0.3) is 5.91 Å². The predicted molar refractivity (Wildman–Crippen MR) is 97.2 cm³/mol. The summed E-state index contributed by atoms with van der Waals surface area (Å²) in [5.74, 6) is 1.65. The molecule has 1 aliphatic heterocycles. The highest BCUT2D eigenvalue weighted by Gasteiger charge is 2.33. The first-order valence-electron chi connectivity index (χ1n) is 8.16. The SMILES string of the molecule is COc1cc(OC)cc([C@H]2SCCN2C(=O)c2ccc(C(F)(F)F)cc2)c1. The van der Waals surface area contributed by atoms with E-state index in [1.165, 1.54) is 12.1 Å². The Morgan fingerprint density at radius 2 is 1.67 bits per heavy atom. The number of rotatable bonds is 4. The lowest BCUT2D eigenvalue weighted by Gasteiger charge is -2.25. The Bertz CT molecular complexity index is 802. The number of halogens is 3. The van der Waals surface area contributed by atoms with E-state index in [1.807, 2.05) is 12.1 Å². The standard InChI is InChI=1S/C19H18F3NO3S/c1-25-15-9-13(10-16(11-15)26-2)18-23(7-8-27-18)17(24)12-3-5-14(6-4-12)19(20,21)22/h3-6,9-11,18H,7-8H2,1-2H3/t18-/m1/s1. The van der Waals surface area contributed by atoms with Crippen molar-refractivity contribution in [2.24, 2.45) is 0 Å². The lowest BCUT2D eigenvalue weighted by atomic mass is 10.1. The van der Waals surface area contributed by atoms with Gasteiger partial charge in [-0.3, -0.25) is 4.79 Å². The van der Waals surface area contributed by atoms with Crippen molar-refractivity contribution in [1.82, 2.24) is 4.90 Å². The minimum atomic E-state index is -4.43. The Morgan fingerprint density at radius 1 is 1.07 bits per heavy atom. The maximum absolute atomic E-state index is 12.9. The van der Waals surface area contributed by atoms with Crippen LogP contribution in [0.4, 0.5) is 13.2 Å². The fraction of sp³-hybridized carbons (Fsp3) is 0.316. The fourth-order valence-electron chi connectivity index (χ4n) is 2.89. The number of hydrogen-bond donors (Lipinski definition) is 0. The molecule has 0 spiro atoms. The molecule has 0 radical (unpaired) electrons. The molecule has 2 aromatic carbocycles. The molecule has 8 heteroatoms. The number of benzene rings is 2. The van der Waals surface area contributed by atoms with E-state index in [-0.39, 0.29) is 16.8 Å². The highest BCUT2D eigenvalue weighted by atomic mass is 32.2. The van der Waals surface area contributed by atoms with Gasteiger partial charge in [-0.25, -0.2) is 0 Å². The highest BCUT2D eigenvalue weighted by Crippen LogP contribution is 2.41. The normalized spacial score (nSPS) is 17.1. The third kappa shape index (κ3) is 4.16. The van der Waals surface area contributed by atoms with Crippen molar-refractivity contribution in [1.29, 1.82) is 0 Å². The summed E-state index contributed by atoms with van der Waals surface area (Å²) in [5.41, 5.74) is 0.295. The van der Waals surface area contributed by atoms with Crippen LogP contribution < -0.4 is 9.47 Å². The van der Waals surface area contributed by atoms with Crippen LogP contribution in [0.15, 0.2) is 42.5 Å². The van der Waals surface area contributed by atoms with Crippen molar-refractivity contribution in [2.45, 2.75) is 11.6 Å². The molecular weight excluding hydrogens is 379 g/mol. The Morgan fingerprint density at radius 3 is 2.19 bits per heavy atom. The molecule has 2 aromatic rings. The zero-order valence-corrected chi connectivity index (χ0v) is 15.6. The molecule has 0 bridgehead atoms. The van der Waals surface area contributed by atoms with E-state index in [0.29, 0.717) is 18.0 Å². The number of ether oxygens (including phenoxy) is 2. The molecule has 27 heavy (non-hydrogen) atoms. The van der Waals surface area contributed by atoms with Crippen LogP contribution in [-0.2, 0) is 6.18 Å². The number of methoxy groups -OCH3 is 2. The molecule has 1 amide bonds. The quantitative estimate of drug-likeness (QED) is 0.755. The second kappa shape index (κ2) is 7.72. The summed E-state index contributed by atoms with van der Waals surface area (Å²) in [5, 5.41) is -0.260. The van der Waals surface area contributed by atoms with E-state index in [0.717, 1.165) is 23.4 Å². The Hall–Kier alpha value is -2.35. The summed E-state index contributed by atoms with van der Waals surface area (Å²) < 4.78 is 48.7. The van der Waals surface area contributed by atoms with Crippen LogP contribution in [0.1, 0.15) is 26.9 Å². The van der Waals surface area contributed by atoms with Crippen LogP contribution in [0.2, 0.25) is 0 Å². The van der Waals surface area contributed by atoms with E-state index >= 15 is 0 Å². The number of amides is 1. The molecule has 1 fully saturated rings. The number of hydrogen-bond acceptors (Lipinski definition) is 4. The number of thioether (sulfide) groups is 1. The molecule has 1 saturated heterocycles. The number of carbonyl (C=O) groups excluding carboxylic acids is 1. The van der Waals surface area contributed by atoms with Crippen molar-refractivity contribution >= 4 is 17.7 Å². The third-order valence-corrected chi connectivity index (χ3v) is 5.53. The molecule has 0 saturated carbocycles. The second-order valence-electron chi connectivity index (χ2n) is 5.94. The lowest BCUT2D eigenvalue weighted by Crippen LogP contribution is -2.30. The highest BCUT2D eigenvalue weighted by molar-refractivity contribution is 7.99. The van der Waals surface area contributed by atoms with Crippen LogP contribution in [0, 0.1) is 0 Å². The average Bonchev–Trinajstić information content (AvgIpc) is 3.16. The number of alkyl halides is 3. The molecular formula is C19H18F3NO3S. The molecule has 144 valence electrons. The predicted octanol–water partition coefficient (Wildman–Crippen LogP) is 4.61. The van der Waals surface area contributed by atoms with Gasteiger partial charge in [-0.05, 0) is 42.0 Å². The Labute approximate surface area is 159 Å². The van der Waals surface area contributed by atoms with Crippen LogP contribution in [0.5, 0.6) is 11.5 Å². The Balaban J connectivity index is 1.87. The van der Waals surface area contributed by atoms with Crippen molar-refractivity contribution in [2.75, 3.05) is 26.5 Å². The van der Waals surface area contributed by atoms with Crippen molar-refractivity contribution in [3.8, 4) is 11.5 Å². The van der Waals surface area contributed by atoms with E-state index < -0.39 is 11.7 Å². The Kier molecular flexibility index (Phi) is 5.55. The molecule has 3 rings (SSSR count). The van der Waals surface area contributed by atoms with E-state index in [9.17, 15) is 18.0 Å². The summed E-state index contributed by atoms with van der Waals surface area (Å²) in [7, 11) is 3.09. The molecule has 0 N–H and O–H groups in total. The monoisotopic (exact) mass is 397 g/mol. The minimum absolute atomic E-state index is 0.227. The molecule has 1 aliphatic rings. The molecule has 1 heterocycles. The van der Waals surface area contributed by atoms with Gasteiger partial charge in [-0.15, -0.1) is 11.8 Å². The lowest BCUT2D eigenvalue weighted by molar-refractivity contribution is -0.137. The zero-order valence-electron chi connectivity index (χ0n) is 14.7. The first kappa shape index (κ1) is 19.4.